The molecule has 0 spiro atoms. The van der Waals surface area contributed by atoms with Gasteiger partial charge in [0.15, 0.2) is 5.69 Å². The average molecular weight is 433 g/mol. The monoisotopic (exact) mass is 433 g/mol. The lowest BCUT2D eigenvalue weighted by Gasteiger charge is -2.08. The lowest BCUT2D eigenvalue weighted by Crippen LogP contribution is -2.21. The number of anilines is 1. The fourth-order valence-corrected chi connectivity index (χ4v) is 2.90. The first-order valence-corrected chi connectivity index (χ1v) is 9.61. The molecule has 0 aliphatic heterocycles. The highest BCUT2D eigenvalue weighted by molar-refractivity contribution is 6.01. The normalized spacial score (nSPS) is 11.4. The van der Waals surface area contributed by atoms with Gasteiger partial charge in [-0.1, -0.05) is 23.4 Å². The van der Waals surface area contributed by atoms with E-state index in [1.807, 2.05) is 13.0 Å². The van der Waals surface area contributed by atoms with Crippen molar-refractivity contribution in [3.05, 3.63) is 60.0 Å². The number of benzene rings is 1. The number of carbonyl (C=O) groups is 1. The van der Waals surface area contributed by atoms with E-state index in [4.69, 9.17) is 10.5 Å². The van der Waals surface area contributed by atoms with Crippen LogP contribution in [0.25, 0.3) is 17.1 Å². The summed E-state index contributed by atoms with van der Waals surface area (Å²) in [5, 5.41) is 19.5. The van der Waals surface area contributed by atoms with E-state index < -0.39 is 5.91 Å². The van der Waals surface area contributed by atoms with Crippen LogP contribution in [0.4, 0.5) is 5.82 Å². The van der Waals surface area contributed by atoms with Crippen LogP contribution < -0.4 is 15.9 Å². The smallest absolute Gasteiger partial charge is 0.294 e. The first-order chi connectivity index (χ1) is 15.6. The summed E-state index contributed by atoms with van der Waals surface area (Å²) in [5.41, 5.74) is 10.4. The molecule has 0 radical (unpaired) electrons. The number of hydrazone groups is 1. The fourth-order valence-electron chi connectivity index (χ4n) is 2.90. The zero-order valence-corrected chi connectivity index (χ0v) is 17.3. The van der Waals surface area contributed by atoms with Gasteiger partial charge in [0, 0.05) is 11.8 Å². The Labute approximate surface area is 182 Å². The molecule has 12 heteroatoms. The van der Waals surface area contributed by atoms with Crippen molar-refractivity contribution in [2.24, 2.45) is 5.10 Å². The first kappa shape index (κ1) is 20.7. The zero-order valence-electron chi connectivity index (χ0n) is 17.3. The lowest BCUT2D eigenvalue weighted by molar-refractivity contribution is 0.0950. The van der Waals surface area contributed by atoms with Gasteiger partial charge in [0.1, 0.15) is 11.4 Å². The van der Waals surface area contributed by atoms with Gasteiger partial charge in [0.2, 0.25) is 11.6 Å². The van der Waals surface area contributed by atoms with Crippen LogP contribution in [0.1, 0.15) is 30.0 Å². The van der Waals surface area contributed by atoms with Crippen LogP contribution in [0, 0.1) is 0 Å². The van der Waals surface area contributed by atoms with E-state index in [1.54, 1.807) is 49.5 Å². The molecule has 32 heavy (non-hydrogen) atoms. The molecular formula is C20H19N9O3. The summed E-state index contributed by atoms with van der Waals surface area (Å²) >= 11 is 0. The second-order valence-corrected chi connectivity index (χ2v) is 6.49. The van der Waals surface area contributed by atoms with Crippen LogP contribution in [0.15, 0.2) is 58.4 Å². The Kier molecular flexibility index (Phi) is 5.83. The van der Waals surface area contributed by atoms with Gasteiger partial charge in [-0.2, -0.15) is 9.78 Å². The summed E-state index contributed by atoms with van der Waals surface area (Å²) in [6.07, 6.45) is 1.64. The minimum Gasteiger partial charge on any atom is -0.494 e. The van der Waals surface area contributed by atoms with Gasteiger partial charge in [-0.3, -0.25) is 9.78 Å². The third-order valence-electron chi connectivity index (χ3n) is 4.36. The van der Waals surface area contributed by atoms with Crippen molar-refractivity contribution in [3.8, 4) is 22.8 Å². The molecule has 1 aromatic carbocycles. The van der Waals surface area contributed by atoms with Crippen molar-refractivity contribution in [1.82, 2.24) is 35.7 Å². The molecule has 0 saturated heterocycles. The summed E-state index contributed by atoms with van der Waals surface area (Å²) in [4.78, 5) is 17.2. The highest BCUT2D eigenvalue weighted by atomic mass is 16.6. The van der Waals surface area contributed by atoms with Crippen LogP contribution >= 0.6 is 0 Å². The number of nitrogens with zero attached hydrogens (tertiary/aromatic N) is 7. The molecule has 162 valence electrons. The van der Waals surface area contributed by atoms with Crippen molar-refractivity contribution in [3.63, 3.8) is 0 Å². The summed E-state index contributed by atoms with van der Waals surface area (Å²) in [6, 6.07) is 12.5. The number of rotatable bonds is 7. The molecule has 4 rings (SSSR count). The standard InChI is InChI=1S/C20H19N9O3/c1-3-31-14-8-6-7-13(11-14)17-16(24-28-29(17)19-18(21)26-32-27-19)20(30)25-23-12(2)15-9-4-5-10-22-15/h4-11H,3H2,1-2H3,(H2,21,26)(H,25,30)/b23-12-. The van der Waals surface area contributed by atoms with E-state index in [1.165, 1.54) is 4.68 Å². The maximum Gasteiger partial charge on any atom is 0.294 e. The number of carbonyl (C=O) groups excluding carboxylic acids is 1. The summed E-state index contributed by atoms with van der Waals surface area (Å²) in [7, 11) is 0. The third-order valence-corrected chi connectivity index (χ3v) is 4.36. The number of nitrogens with two attached hydrogens (primary N) is 1. The van der Waals surface area contributed by atoms with E-state index in [0.29, 0.717) is 35.0 Å². The number of hydrogen-bond donors (Lipinski definition) is 2. The van der Waals surface area contributed by atoms with Gasteiger partial charge < -0.3 is 10.5 Å². The van der Waals surface area contributed by atoms with Gasteiger partial charge in [-0.25, -0.2) is 10.1 Å². The van der Waals surface area contributed by atoms with E-state index in [9.17, 15) is 4.79 Å². The van der Waals surface area contributed by atoms with E-state index in [0.717, 1.165) is 0 Å². The van der Waals surface area contributed by atoms with Gasteiger partial charge in [0.05, 0.1) is 18.0 Å². The zero-order chi connectivity index (χ0) is 22.5. The topological polar surface area (TPSA) is 159 Å². The van der Waals surface area contributed by atoms with Crippen molar-refractivity contribution in [2.75, 3.05) is 12.3 Å². The minimum absolute atomic E-state index is 0.00128. The Morgan fingerprint density at radius 1 is 1.25 bits per heavy atom. The average Bonchev–Trinajstić information content (AvgIpc) is 3.44. The molecule has 0 saturated carbocycles. The molecule has 0 atom stereocenters. The number of amides is 1. The molecule has 0 unspecified atom stereocenters. The van der Waals surface area contributed by atoms with Crippen LogP contribution in [0.2, 0.25) is 0 Å². The largest absolute Gasteiger partial charge is 0.494 e. The van der Waals surface area contributed by atoms with Crippen LogP contribution in [0.3, 0.4) is 0 Å². The number of aromatic nitrogens is 6. The first-order valence-electron chi connectivity index (χ1n) is 9.61. The number of nitrogens with one attached hydrogen (secondary N) is 1. The number of pyridine rings is 1. The highest BCUT2D eigenvalue weighted by Crippen LogP contribution is 2.29. The molecule has 1 amide bonds. The van der Waals surface area contributed by atoms with Gasteiger partial charge in [-0.15, -0.1) is 5.10 Å². The number of ether oxygens (including phenoxy) is 1. The summed E-state index contributed by atoms with van der Waals surface area (Å²) in [5.74, 6) is 0.118. The Bertz CT molecular complexity index is 1260. The second kappa shape index (κ2) is 9.04. The van der Waals surface area contributed by atoms with Crippen molar-refractivity contribution in [2.45, 2.75) is 13.8 Å². The Balaban J connectivity index is 1.74. The van der Waals surface area contributed by atoms with E-state index in [-0.39, 0.29) is 17.3 Å². The maximum atomic E-state index is 13.0. The van der Waals surface area contributed by atoms with Crippen molar-refractivity contribution >= 4 is 17.4 Å². The Hall–Kier alpha value is -4.61. The summed E-state index contributed by atoms with van der Waals surface area (Å²) < 4.78 is 11.5. The second-order valence-electron chi connectivity index (χ2n) is 6.49. The van der Waals surface area contributed by atoms with Crippen LogP contribution in [-0.2, 0) is 0 Å². The predicted octanol–water partition coefficient (Wildman–Crippen LogP) is 1.85. The van der Waals surface area contributed by atoms with E-state index in [2.05, 4.69) is 40.8 Å². The van der Waals surface area contributed by atoms with Crippen molar-refractivity contribution in [1.29, 1.82) is 0 Å². The molecule has 0 fully saturated rings. The SMILES string of the molecule is CCOc1cccc(-c2c(C(=O)N/N=C(/C)c3ccccn3)nnn2-c2nonc2N)c1. The quantitative estimate of drug-likeness (QED) is 0.327. The lowest BCUT2D eigenvalue weighted by atomic mass is 10.1. The maximum absolute atomic E-state index is 13.0. The fraction of sp³-hybridized carbons (Fsp3) is 0.150. The molecule has 0 aliphatic carbocycles. The molecule has 3 N–H and O–H groups in total. The molecular weight excluding hydrogens is 414 g/mol. The molecule has 12 nitrogen and oxygen atoms in total. The van der Waals surface area contributed by atoms with Gasteiger partial charge in [0.25, 0.3) is 5.91 Å². The van der Waals surface area contributed by atoms with Crippen LogP contribution in [-0.4, -0.2) is 48.5 Å². The highest BCUT2D eigenvalue weighted by Gasteiger charge is 2.25. The molecule has 4 aromatic rings. The summed E-state index contributed by atoms with van der Waals surface area (Å²) in [6.45, 7) is 4.09. The molecule has 0 aliphatic rings. The molecule has 3 aromatic heterocycles. The van der Waals surface area contributed by atoms with Gasteiger partial charge >= 0.3 is 0 Å². The van der Waals surface area contributed by atoms with Crippen molar-refractivity contribution < 1.29 is 14.2 Å². The van der Waals surface area contributed by atoms with Crippen LogP contribution in [0.5, 0.6) is 5.75 Å². The van der Waals surface area contributed by atoms with E-state index >= 15 is 0 Å². The number of hydrogen-bond acceptors (Lipinski definition) is 10. The molecule has 0 bridgehead atoms. The minimum atomic E-state index is -0.585. The molecule has 3 heterocycles. The predicted molar refractivity (Wildman–Crippen MR) is 114 cm³/mol. The number of nitrogen functional groups attached to an aromatic ring is 1. The Morgan fingerprint density at radius 3 is 2.84 bits per heavy atom. The van der Waals surface area contributed by atoms with Gasteiger partial charge in [-0.05, 0) is 48.4 Å². The third kappa shape index (κ3) is 4.14. The Morgan fingerprint density at radius 2 is 2.12 bits per heavy atom.